The number of nitrogens with one attached hydrogen (secondary N) is 1. The fraction of sp³-hybridized carbons (Fsp3) is 0.357. The molecule has 0 bridgehead atoms. The molecule has 0 aromatic carbocycles. The largest absolute Gasteiger partial charge is 0.480 e. The minimum absolute atomic E-state index is 0.288. The molecule has 0 atom stereocenters. The molecule has 2 N–H and O–H groups in total. The number of thiazole rings is 1. The van der Waals surface area contributed by atoms with Gasteiger partial charge in [0.05, 0.1) is 4.88 Å². The van der Waals surface area contributed by atoms with E-state index < -0.39 is 17.4 Å². The van der Waals surface area contributed by atoms with E-state index in [1.165, 1.54) is 11.3 Å². The summed E-state index contributed by atoms with van der Waals surface area (Å²) in [6.07, 6.45) is 2.61. The number of hydrogen-bond donors (Lipinski definition) is 2. The van der Waals surface area contributed by atoms with E-state index in [1.807, 2.05) is 17.5 Å². The van der Waals surface area contributed by atoms with Crippen molar-refractivity contribution >= 4 is 34.6 Å². The number of amides is 1. The van der Waals surface area contributed by atoms with Gasteiger partial charge >= 0.3 is 5.97 Å². The van der Waals surface area contributed by atoms with Crippen LogP contribution < -0.4 is 5.32 Å². The number of carboxylic acids is 1. The van der Waals surface area contributed by atoms with E-state index in [-0.39, 0.29) is 5.69 Å². The van der Waals surface area contributed by atoms with Crippen LogP contribution in [-0.4, -0.2) is 27.5 Å². The number of carboxylic acid groups (broad SMARTS) is 1. The van der Waals surface area contributed by atoms with Crippen molar-refractivity contribution in [3.63, 3.8) is 0 Å². The zero-order chi connectivity index (χ0) is 14.9. The van der Waals surface area contributed by atoms with Crippen molar-refractivity contribution < 1.29 is 14.7 Å². The molecule has 0 unspecified atom stereocenters. The highest BCUT2D eigenvalue weighted by atomic mass is 32.1. The average Bonchev–Trinajstić information content (AvgIpc) is 3.20. The summed E-state index contributed by atoms with van der Waals surface area (Å²) >= 11 is 2.95. The summed E-state index contributed by atoms with van der Waals surface area (Å²) < 4.78 is 0. The van der Waals surface area contributed by atoms with Crippen molar-refractivity contribution in [2.75, 3.05) is 0 Å². The lowest BCUT2D eigenvalue weighted by Gasteiger charge is -2.24. The Hall–Kier alpha value is -1.73. The van der Waals surface area contributed by atoms with Crippen LogP contribution in [0.15, 0.2) is 22.9 Å². The first-order valence-electron chi connectivity index (χ1n) is 6.66. The van der Waals surface area contributed by atoms with Gasteiger partial charge in [-0.3, -0.25) is 4.79 Å². The van der Waals surface area contributed by atoms with Crippen LogP contribution in [0.1, 0.15) is 36.2 Å². The normalized spacial score (nSPS) is 16.8. The fourth-order valence-electron chi connectivity index (χ4n) is 2.54. The molecule has 2 aromatic rings. The number of aliphatic carboxylic acids is 1. The Balaban J connectivity index is 1.78. The molecule has 0 saturated heterocycles. The molecule has 2 aromatic heterocycles. The molecular weight excluding hydrogens is 308 g/mol. The van der Waals surface area contributed by atoms with Gasteiger partial charge in [-0.2, -0.15) is 0 Å². The van der Waals surface area contributed by atoms with E-state index in [0.717, 1.165) is 22.7 Å². The van der Waals surface area contributed by atoms with Gasteiger partial charge in [0.25, 0.3) is 5.91 Å². The maximum atomic E-state index is 12.3. The molecule has 0 aliphatic heterocycles. The first-order chi connectivity index (χ1) is 10.1. The van der Waals surface area contributed by atoms with Crippen molar-refractivity contribution in [3.8, 4) is 9.88 Å². The van der Waals surface area contributed by atoms with Gasteiger partial charge in [0.1, 0.15) is 16.2 Å². The van der Waals surface area contributed by atoms with Gasteiger partial charge in [0.2, 0.25) is 0 Å². The first-order valence-corrected chi connectivity index (χ1v) is 8.42. The molecule has 3 rings (SSSR count). The Morgan fingerprint density at radius 3 is 2.67 bits per heavy atom. The molecule has 110 valence electrons. The van der Waals surface area contributed by atoms with Crippen molar-refractivity contribution in [1.82, 2.24) is 10.3 Å². The van der Waals surface area contributed by atoms with Crippen LogP contribution in [0.25, 0.3) is 9.88 Å². The number of carbonyl (C=O) groups is 2. The van der Waals surface area contributed by atoms with Crippen molar-refractivity contribution in [2.24, 2.45) is 0 Å². The van der Waals surface area contributed by atoms with Crippen molar-refractivity contribution in [2.45, 2.75) is 31.2 Å². The third kappa shape index (κ3) is 2.71. The zero-order valence-electron chi connectivity index (χ0n) is 11.2. The number of hydrogen-bond acceptors (Lipinski definition) is 5. The monoisotopic (exact) mass is 322 g/mol. The number of rotatable bonds is 4. The zero-order valence-corrected chi connectivity index (χ0v) is 12.8. The van der Waals surface area contributed by atoms with Gasteiger partial charge in [0.15, 0.2) is 0 Å². The number of thiophene rings is 1. The molecule has 1 saturated carbocycles. The van der Waals surface area contributed by atoms with Crippen LogP contribution in [0.4, 0.5) is 0 Å². The topological polar surface area (TPSA) is 79.3 Å². The van der Waals surface area contributed by atoms with E-state index in [0.29, 0.717) is 12.8 Å². The third-order valence-corrected chi connectivity index (χ3v) is 5.57. The molecular formula is C14H14N2O3S2. The van der Waals surface area contributed by atoms with Gasteiger partial charge in [-0.05, 0) is 24.3 Å². The van der Waals surface area contributed by atoms with Gasteiger partial charge in [-0.15, -0.1) is 22.7 Å². The summed E-state index contributed by atoms with van der Waals surface area (Å²) in [6, 6.07) is 3.87. The minimum Gasteiger partial charge on any atom is -0.480 e. The molecule has 1 aliphatic carbocycles. The highest BCUT2D eigenvalue weighted by Crippen LogP contribution is 2.31. The van der Waals surface area contributed by atoms with E-state index in [1.54, 1.807) is 16.7 Å². The highest BCUT2D eigenvalue weighted by Gasteiger charge is 2.43. The number of nitrogens with zero attached hydrogens (tertiary/aromatic N) is 1. The summed E-state index contributed by atoms with van der Waals surface area (Å²) in [5.74, 6) is -1.36. The number of carbonyl (C=O) groups excluding carboxylic acids is 1. The van der Waals surface area contributed by atoms with Gasteiger partial charge in [-0.25, -0.2) is 9.78 Å². The Bertz CT molecular complexity index is 658. The SMILES string of the molecule is O=C(NC1(C(=O)O)CCCC1)c1csc(-c2cccs2)n1. The molecule has 0 radical (unpaired) electrons. The Morgan fingerprint density at radius 1 is 1.29 bits per heavy atom. The average molecular weight is 322 g/mol. The van der Waals surface area contributed by atoms with E-state index in [9.17, 15) is 14.7 Å². The molecule has 1 aliphatic rings. The smallest absolute Gasteiger partial charge is 0.329 e. The second-order valence-corrected chi connectivity index (χ2v) is 6.87. The standard InChI is InChI=1S/C14H14N2O3S2/c17-11(16-14(13(18)19)5-1-2-6-14)9-8-21-12(15-9)10-4-3-7-20-10/h3-4,7-8H,1-2,5-6H2,(H,16,17)(H,18,19). The van der Waals surface area contributed by atoms with Crippen LogP contribution in [-0.2, 0) is 4.79 Å². The van der Waals surface area contributed by atoms with Gasteiger partial charge < -0.3 is 10.4 Å². The predicted molar refractivity (Wildman–Crippen MR) is 81.7 cm³/mol. The molecule has 2 heterocycles. The van der Waals surface area contributed by atoms with E-state index in [2.05, 4.69) is 10.3 Å². The summed E-state index contributed by atoms with van der Waals surface area (Å²) in [7, 11) is 0. The number of aromatic nitrogens is 1. The second-order valence-electron chi connectivity index (χ2n) is 5.06. The minimum atomic E-state index is -1.12. The summed E-state index contributed by atoms with van der Waals surface area (Å²) in [5.41, 5.74) is -0.833. The van der Waals surface area contributed by atoms with Gasteiger partial charge in [0, 0.05) is 5.38 Å². The third-order valence-electron chi connectivity index (χ3n) is 3.69. The fourth-order valence-corrected chi connectivity index (χ4v) is 4.16. The van der Waals surface area contributed by atoms with Crippen LogP contribution in [0.3, 0.4) is 0 Å². The lowest BCUT2D eigenvalue weighted by atomic mass is 9.98. The maximum absolute atomic E-state index is 12.3. The van der Waals surface area contributed by atoms with Crippen LogP contribution >= 0.6 is 22.7 Å². The molecule has 21 heavy (non-hydrogen) atoms. The van der Waals surface area contributed by atoms with Crippen LogP contribution in [0, 0.1) is 0 Å². The second kappa shape index (κ2) is 5.57. The van der Waals surface area contributed by atoms with Crippen molar-refractivity contribution in [1.29, 1.82) is 0 Å². The summed E-state index contributed by atoms with van der Waals surface area (Å²) in [4.78, 5) is 29.0. The quantitative estimate of drug-likeness (QED) is 0.907. The van der Waals surface area contributed by atoms with Crippen molar-refractivity contribution in [3.05, 3.63) is 28.6 Å². The molecule has 1 fully saturated rings. The molecule has 0 spiro atoms. The predicted octanol–water partition coefficient (Wildman–Crippen LogP) is 3.00. The van der Waals surface area contributed by atoms with E-state index >= 15 is 0 Å². The molecule has 7 heteroatoms. The Kier molecular flexibility index (Phi) is 3.77. The molecule has 5 nitrogen and oxygen atoms in total. The highest BCUT2D eigenvalue weighted by molar-refractivity contribution is 7.20. The lowest BCUT2D eigenvalue weighted by Crippen LogP contribution is -2.52. The lowest BCUT2D eigenvalue weighted by molar-refractivity contribution is -0.144. The summed E-state index contributed by atoms with van der Waals surface area (Å²) in [6.45, 7) is 0. The summed E-state index contributed by atoms with van der Waals surface area (Å²) in [5, 5.41) is 16.5. The van der Waals surface area contributed by atoms with Crippen LogP contribution in [0.2, 0.25) is 0 Å². The maximum Gasteiger partial charge on any atom is 0.329 e. The first kappa shape index (κ1) is 14.2. The Morgan fingerprint density at radius 2 is 2.05 bits per heavy atom. The Labute approximate surface area is 129 Å². The van der Waals surface area contributed by atoms with Gasteiger partial charge in [-0.1, -0.05) is 18.9 Å². The van der Waals surface area contributed by atoms with Crippen LogP contribution in [0.5, 0.6) is 0 Å². The molecule has 1 amide bonds. The van der Waals surface area contributed by atoms with E-state index in [4.69, 9.17) is 0 Å².